The minimum atomic E-state index is -0.975. The zero-order valence-corrected chi connectivity index (χ0v) is 10.8. The third-order valence-corrected chi connectivity index (χ3v) is 3.58. The van der Waals surface area contributed by atoms with Crippen LogP contribution in [0.25, 0.3) is 0 Å². The number of hydrogen-bond donors (Lipinski definition) is 1. The van der Waals surface area contributed by atoms with E-state index in [1.807, 2.05) is 11.1 Å². The van der Waals surface area contributed by atoms with Crippen LogP contribution in [-0.4, -0.2) is 32.6 Å². The second-order valence-electron chi connectivity index (χ2n) is 4.95. The van der Waals surface area contributed by atoms with Gasteiger partial charge in [-0.2, -0.15) is 0 Å². The fraction of sp³-hybridized carbons (Fsp3) is 0.357. The molecule has 0 saturated heterocycles. The Hall–Kier alpha value is -1.79. The molecule has 0 saturated carbocycles. The average molecular weight is 279 g/mol. The van der Waals surface area contributed by atoms with Gasteiger partial charge < -0.3 is 9.67 Å². The lowest BCUT2D eigenvalue weighted by Gasteiger charge is -2.29. The highest BCUT2D eigenvalue weighted by molar-refractivity contribution is 5.21. The number of aromatic nitrogens is 2. The number of hydrogen-bond acceptors (Lipinski definition) is 3. The van der Waals surface area contributed by atoms with Gasteiger partial charge in [0.1, 0.15) is 17.5 Å². The van der Waals surface area contributed by atoms with Crippen LogP contribution in [-0.2, 0) is 13.1 Å². The van der Waals surface area contributed by atoms with Crippen LogP contribution < -0.4 is 0 Å². The normalized spacial score (nSPS) is 16.9. The molecule has 1 N–H and O–H groups in total. The first-order valence-corrected chi connectivity index (χ1v) is 6.49. The van der Waals surface area contributed by atoms with Crippen molar-refractivity contribution in [1.29, 1.82) is 0 Å². The molecule has 0 spiro atoms. The van der Waals surface area contributed by atoms with E-state index in [-0.39, 0.29) is 5.56 Å². The molecular formula is C14H15F2N3O. The molecule has 2 aromatic rings. The SMILES string of the molecule is OC(CN1CCn2ccnc2C1)c1ccc(F)cc1F. The first-order valence-electron chi connectivity index (χ1n) is 6.49. The smallest absolute Gasteiger partial charge is 0.131 e. The number of aliphatic hydroxyl groups excluding tert-OH is 1. The van der Waals surface area contributed by atoms with Gasteiger partial charge >= 0.3 is 0 Å². The summed E-state index contributed by atoms with van der Waals surface area (Å²) in [5.74, 6) is -0.419. The summed E-state index contributed by atoms with van der Waals surface area (Å²) in [7, 11) is 0. The predicted octanol–water partition coefficient (Wildman–Crippen LogP) is 1.71. The van der Waals surface area contributed by atoms with Crippen molar-refractivity contribution in [3.63, 3.8) is 0 Å². The fourth-order valence-corrected chi connectivity index (χ4v) is 2.49. The third-order valence-electron chi connectivity index (χ3n) is 3.58. The van der Waals surface area contributed by atoms with Crippen molar-refractivity contribution in [2.24, 2.45) is 0 Å². The molecule has 0 bridgehead atoms. The van der Waals surface area contributed by atoms with Crippen LogP contribution in [0, 0.1) is 11.6 Å². The maximum absolute atomic E-state index is 13.6. The number of fused-ring (bicyclic) bond motifs is 1. The molecule has 1 atom stereocenters. The molecule has 0 amide bonds. The van der Waals surface area contributed by atoms with Gasteiger partial charge in [-0.05, 0) is 6.07 Å². The molecule has 0 fully saturated rings. The van der Waals surface area contributed by atoms with Gasteiger partial charge in [0, 0.05) is 43.7 Å². The Bertz CT molecular complexity index is 614. The van der Waals surface area contributed by atoms with Crippen LogP contribution in [0.15, 0.2) is 30.6 Å². The van der Waals surface area contributed by atoms with E-state index in [9.17, 15) is 13.9 Å². The lowest BCUT2D eigenvalue weighted by molar-refractivity contribution is 0.0936. The van der Waals surface area contributed by atoms with Crippen LogP contribution in [0.5, 0.6) is 0 Å². The van der Waals surface area contributed by atoms with Crippen LogP contribution >= 0.6 is 0 Å². The maximum atomic E-state index is 13.6. The van der Waals surface area contributed by atoms with Crippen LogP contribution in [0.3, 0.4) is 0 Å². The van der Waals surface area contributed by atoms with Gasteiger partial charge in [-0.25, -0.2) is 13.8 Å². The summed E-state index contributed by atoms with van der Waals surface area (Å²) in [6, 6.07) is 3.24. The van der Waals surface area contributed by atoms with Gasteiger partial charge in [0.25, 0.3) is 0 Å². The van der Waals surface area contributed by atoms with Gasteiger partial charge in [-0.3, -0.25) is 4.90 Å². The van der Waals surface area contributed by atoms with Crippen LogP contribution in [0.4, 0.5) is 8.78 Å². The molecule has 1 aromatic heterocycles. The minimum Gasteiger partial charge on any atom is -0.387 e. The number of β-amino-alcohol motifs (C(OH)–C–C–N with tert-alkyl or cyclic N) is 1. The number of rotatable bonds is 3. The number of aliphatic hydroxyl groups is 1. The lowest BCUT2D eigenvalue weighted by Crippen LogP contribution is -2.36. The van der Waals surface area contributed by atoms with Crippen molar-refractivity contribution in [3.05, 3.63) is 53.6 Å². The van der Waals surface area contributed by atoms with E-state index in [0.717, 1.165) is 31.0 Å². The topological polar surface area (TPSA) is 41.3 Å². The van der Waals surface area contributed by atoms with E-state index < -0.39 is 17.7 Å². The summed E-state index contributed by atoms with van der Waals surface area (Å²) in [5.41, 5.74) is 0.125. The van der Waals surface area contributed by atoms with Gasteiger partial charge in [0.05, 0.1) is 12.6 Å². The average Bonchev–Trinajstić information content (AvgIpc) is 2.85. The Balaban J connectivity index is 1.69. The number of benzene rings is 1. The highest BCUT2D eigenvalue weighted by Gasteiger charge is 2.21. The second-order valence-corrected chi connectivity index (χ2v) is 4.95. The predicted molar refractivity (Wildman–Crippen MR) is 68.8 cm³/mol. The van der Waals surface area contributed by atoms with E-state index in [1.165, 1.54) is 6.07 Å². The first kappa shape index (κ1) is 13.2. The Morgan fingerprint density at radius 1 is 1.30 bits per heavy atom. The maximum Gasteiger partial charge on any atom is 0.131 e. The summed E-state index contributed by atoms with van der Waals surface area (Å²) >= 11 is 0. The van der Waals surface area contributed by atoms with Crippen molar-refractivity contribution >= 4 is 0 Å². The van der Waals surface area contributed by atoms with Crippen molar-refractivity contribution in [2.75, 3.05) is 13.1 Å². The van der Waals surface area contributed by atoms with Gasteiger partial charge in [-0.15, -0.1) is 0 Å². The van der Waals surface area contributed by atoms with Gasteiger partial charge in [-0.1, -0.05) is 6.07 Å². The molecule has 6 heteroatoms. The minimum absolute atomic E-state index is 0.125. The molecule has 4 nitrogen and oxygen atoms in total. The standard InChI is InChI=1S/C14H15F2N3O/c15-10-1-2-11(12(16)7-10)13(20)8-18-5-6-19-4-3-17-14(19)9-18/h1-4,7,13,20H,5-6,8-9H2. The van der Waals surface area contributed by atoms with Gasteiger partial charge in [0.15, 0.2) is 0 Å². The Labute approximate surface area is 115 Å². The Morgan fingerprint density at radius 2 is 2.15 bits per heavy atom. The molecule has 106 valence electrons. The summed E-state index contributed by atoms with van der Waals surface area (Å²) in [6.45, 7) is 2.49. The molecule has 0 aliphatic carbocycles. The largest absolute Gasteiger partial charge is 0.387 e. The quantitative estimate of drug-likeness (QED) is 0.930. The van der Waals surface area contributed by atoms with Crippen molar-refractivity contribution in [2.45, 2.75) is 19.2 Å². The van der Waals surface area contributed by atoms with Crippen LogP contribution in [0.1, 0.15) is 17.5 Å². The Morgan fingerprint density at radius 3 is 2.95 bits per heavy atom. The highest BCUT2D eigenvalue weighted by Crippen LogP contribution is 2.21. The molecule has 2 heterocycles. The van der Waals surface area contributed by atoms with E-state index >= 15 is 0 Å². The highest BCUT2D eigenvalue weighted by atomic mass is 19.1. The second kappa shape index (κ2) is 5.30. The van der Waals surface area contributed by atoms with Crippen LogP contribution in [0.2, 0.25) is 0 Å². The van der Waals surface area contributed by atoms with E-state index in [1.54, 1.807) is 6.20 Å². The van der Waals surface area contributed by atoms with Crippen molar-refractivity contribution in [3.8, 4) is 0 Å². The summed E-state index contributed by atoms with van der Waals surface area (Å²) in [5, 5.41) is 10.1. The number of imidazole rings is 1. The van der Waals surface area contributed by atoms with E-state index in [4.69, 9.17) is 0 Å². The number of nitrogens with zero attached hydrogens (tertiary/aromatic N) is 3. The molecular weight excluding hydrogens is 264 g/mol. The summed E-state index contributed by atoms with van der Waals surface area (Å²) < 4.78 is 28.5. The van der Waals surface area contributed by atoms with E-state index in [0.29, 0.717) is 13.1 Å². The summed E-state index contributed by atoms with van der Waals surface area (Å²) in [4.78, 5) is 6.24. The van der Waals surface area contributed by atoms with E-state index in [2.05, 4.69) is 9.55 Å². The molecule has 1 unspecified atom stereocenters. The lowest BCUT2D eigenvalue weighted by atomic mass is 10.1. The summed E-state index contributed by atoms with van der Waals surface area (Å²) in [6.07, 6.45) is 2.69. The molecule has 1 aliphatic rings. The van der Waals surface area contributed by atoms with Crippen molar-refractivity contribution < 1.29 is 13.9 Å². The van der Waals surface area contributed by atoms with Gasteiger partial charge in [0.2, 0.25) is 0 Å². The van der Waals surface area contributed by atoms with Crippen molar-refractivity contribution in [1.82, 2.24) is 14.5 Å². The molecule has 3 rings (SSSR count). The molecule has 1 aliphatic heterocycles. The first-order chi connectivity index (χ1) is 9.63. The Kier molecular flexibility index (Phi) is 3.50. The fourth-order valence-electron chi connectivity index (χ4n) is 2.49. The monoisotopic (exact) mass is 279 g/mol. The zero-order valence-electron chi connectivity index (χ0n) is 10.8. The zero-order chi connectivity index (χ0) is 14.1. The molecule has 0 radical (unpaired) electrons. The third kappa shape index (κ3) is 2.57. The molecule has 1 aromatic carbocycles. The molecule has 20 heavy (non-hydrogen) atoms. The number of halogens is 2.